The second kappa shape index (κ2) is 8.10. The molecular formula is C23H27IN4O7. The zero-order chi connectivity index (χ0) is 26.3. The summed E-state index contributed by atoms with van der Waals surface area (Å²) in [6.07, 6.45) is 0.228. The van der Waals surface area contributed by atoms with Crippen molar-refractivity contribution in [1.29, 1.82) is 0 Å². The first kappa shape index (κ1) is 25.3. The third kappa shape index (κ3) is 3.19. The number of phenolic OH excluding ortho intramolecular Hbond substituents is 1. The van der Waals surface area contributed by atoms with Crippen LogP contribution < -0.4 is 16.4 Å². The molecule has 0 fully saturated rings. The van der Waals surface area contributed by atoms with Gasteiger partial charge < -0.3 is 36.8 Å². The monoisotopic (exact) mass is 598 g/mol. The highest BCUT2D eigenvalue weighted by molar-refractivity contribution is 14.1. The molecule has 8 N–H and O–H groups in total. The molecule has 11 nitrogen and oxygen atoms in total. The summed E-state index contributed by atoms with van der Waals surface area (Å²) in [6, 6.07) is -1.03. The predicted molar refractivity (Wildman–Crippen MR) is 135 cm³/mol. The van der Waals surface area contributed by atoms with Crippen LogP contribution in [0.5, 0.6) is 5.75 Å². The largest absolute Gasteiger partial charge is 0.510 e. The fraction of sp³-hybridized carbons (Fsp3) is 0.435. The van der Waals surface area contributed by atoms with Crippen molar-refractivity contribution in [3.63, 3.8) is 0 Å². The van der Waals surface area contributed by atoms with E-state index in [1.165, 1.54) is 4.90 Å². The molecular weight excluding hydrogens is 571 g/mol. The van der Waals surface area contributed by atoms with Crippen molar-refractivity contribution in [2.24, 2.45) is 17.6 Å². The van der Waals surface area contributed by atoms with E-state index in [0.717, 1.165) is 0 Å². The van der Waals surface area contributed by atoms with Gasteiger partial charge in [-0.05, 0) is 61.0 Å². The summed E-state index contributed by atoms with van der Waals surface area (Å²) < 4.78 is 0.561. The van der Waals surface area contributed by atoms with E-state index in [2.05, 4.69) is 0 Å². The van der Waals surface area contributed by atoms with Crippen LogP contribution in [0.1, 0.15) is 22.3 Å². The van der Waals surface area contributed by atoms with E-state index in [9.17, 15) is 34.8 Å². The van der Waals surface area contributed by atoms with Crippen LogP contribution in [0.15, 0.2) is 22.7 Å². The number of ketones is 2. The molecule has 0 saturated heterocycles. The zero-order valence-corrected chi connectivity index (χ0v) is 21.7. The van der Waals surface area contributed by atoms with E-state index in [0.29, 0.717) is 14.8 Å². The SMILES string of the molecule is CN(C)c1c(I)c(N)c(O)c2c1CC1CC3C(N(C)C)C(O)=C(C(N)=O)C(=O)C3(O)C(O)=C1C2=O. The van der Waals surface area contributed by atoms with Gasteiger partial charge in [-0.25, -0.2) is 0 Å². The maximum atomic E-state index is 13.7. The number of carbonyl (C=O) groups is 3. The second-order valence-electron chi connectivity index (χ2n) is 9.64. The Hall–Kier alpha value is -2.84. The molecule has 3 aliphatic rings. The van der Waals surface area contributed by atoms with Crippen molar-refractivity contribution in [2.75, 3.05) is 38.8 Å². The molecule has 0 bridgehead atoms. The molecule has 4 unspecified atom stereocenters. The van der Waals surface area contributed by atoms with Gasteiger partial charge in [0.2, 0.25) is 5.78 Å². The van der Waals surface area contributed by atoms with Crippen molar-refractivity contribution in [3.05, 3.63) is 37.4 Å². The van der Waals surface area contributed by atoms with Crippen molar-refractivity contribution in [2.45, 2.75) is 24.5 Å². The molecule has 1 aromatic carbocycles. The number of allylic oxidation sites excluding steroid dienone is 1. The average molecular weight is 598 g/mol. The number of Topliss-reactive ketones (excluding diaryl/α,β-unsaturated/α-hetero) is 2. The fourth-order valence-corrected chi connectivity index (χ4v) is 6.88. The third-order valence-corrected chi connectivity index (χ3v) is 8.38. The van der Waals surface area contributed by atoms with Gasteiger partial charge in [0.05, 0.1) is 26.6 Å². The second-order valence-corrected chi connectivity index (χ2v) is 10.7. The number of amides is 1. The Balaban J connectivity index is 2.01. The summed E-state index contributed by atoms with van der Waals surface area (Å²) in [5, 5.41) is 44.5. The minimum absolute atomic E-state index is 0.00220. The molecule has 4 atom stereocenters. The van der Waals surface area contributed by atoms with Gasteiger partial charge in [-0.1, -0.05) is 0 Å². The minimum atomic E-state index is -2.67. The number of likely N-dealkylation sites (N-methyl/N-ethyl adjacent to an activating group) is 1. The van der Waals surface area contributed by atoms with Gasteiger partial charge in [-0.2, -0.15) is 0 Å². The van der Waals surface area contributed by atoms with Crippen LogP contribution in [0.3, 0.4) is 0 Å². The Morgan fingerprint density at radius 1 is 1.14 bits per heavy atom. The molecule has 0 aromatic heterocycles. The van der Waals surface area contributed by atoms with Crippen LogP contribution in [0.4, 0.5) is 11.4 Å². The number of primary amides is 1. The number of fused-ring (bicyclic) bond motifs is 3. The van der Waals surface area contributed by atoms with E-state index in [4.69, 9.17) is 11.5 Å². The number of aliphatic hydroxyl groups excluding tert-OH is 2. The molecule has 0 saturated carbocycles. The number of benzene rings is 1. The molecule has 1 amide bonds. The predicted octanol–water partition coefficient (Wildman–Crippen LogP) is 0.373. The molecule has 188 valence electrons. The average Bonchev–Trinajstić information content (AvgIpc) is 2.74. The van der Waals surface area contributed by atoms with Gasteiger partial charge in [0, 0.05) is 25.6 Å². The van der Waals surface area contributed by atoms with Crippen LogP contribution in [0.25, 0.3) is 0 Å². The number of nitrogens with zero attached hydrogens (tertiary/aromatic N) is 2. The van der Waals surface area contributed by atoms with Crippen LogP contribution in [0, 0.1) is 15.4 Å². The highest BCUT2D eigenvalue weighted by Crippen LogP contribution is 2.54. The van der Waals surface area contributed by atoms with Crippen molar-refractivity contribution < 1.29 is 34.8 Å². The van der Waals surface area contributed by atoms with Gasteiger partial charge in [0.15, 0.2) is 17.1 Å². The zero-order valence-electron chi connectivity index (χ0n) is 19.6. The maximum Gasteiger partial charge on any atom is 0.255 e. The number of halogens is 1. The Bertz CT molecular complexity index is 1270. The Kier molecular flexibility index (Phi) is 5.84. The number of phenols is 1. The number of aliphatic hydroxyl groups is 3. The van der Waals surface area contributed by atoms with Crippen molar-refractivity contribution >= 4 is 51.4 Å². The quantitative estimate of drug-likeness (QED) is 0.123. The van der Waals surface area contributed by atoms with E-state index in [-0.39, 0.29) is 29.7 Å². The van der Waals surface area contributed by atoms with Crippen molar-refractivity contribution in [1.82, 2.24) is 4.90 Å². The minimum Gasteiger partial charge on any atom is -0.510 e. The molecule has 0 radical (unpaired) electrons. The van der Waals surface area contributed by atoms with E-state index < -0.39 is 63.8 Å². The van der Waals surface area contributed by atoms with E-state index >= 15 is 0 Å². The highest BCUT2D eigenvalue weighted by Gasteiger charge is 2.63. The first-order valence-electron chi connectivity index (χ1n) is 10.8. The van der Waals surface area contributed by atoms with Crippen LogP contribution >= 0.6 is 22.6 Å². The van der Waals surface area contributed by atoms with Crippen LogP contribution in [-0.4, -0.2) is 82.6 Å². The summed E-state index contributed by atoms with van der Waals surface area (Å²) in [5.41, 5.74) is 8.75. The molecule has 4 rings (SSSR count). The highest BCUT2D eigenvalue weighted by atomic mass is 127. The maximum absolute atomic E-state index is 13.7. The Morgan fingerprint density at radius 3 is 2.26 bits per heavy atom. The summed E-state index contributed by atoms with van der Waals surface area (Å²) in [5.74, 6) is -6.95. The first-order chi connectivity index (χ1) is 16.2. The van der Waals surface area contributed by atoms with E-state index in [1.807, 2.05) is 22.6 Å². The number of hydrogen-bond donors (Lipinski definition) is 6. The van der Waals surface area contributed by atoms with Crippen molar-refractivity contribution in [3.8, 4) is 5.75 Å². The fourth-order valence-electron chi connectivity index (χ4n) is 5.82. The smallest absolute Gasteiger partial charge is 0.255 e. The molecule has 35 heavy (non-hydrogen) atoms. The molecule has 0 heterocycles. The van der Waals surface area contributed by atoms with Gasteiger partial charge in [0.25, 0.3) is 5.91 Å². The summed E-state index contributed by atoms with van der Waals surface area (Å²) in [6.45, 7) is 0. The normalized spacial score (nSPS) is 28.1. The van der Waals surface area contributed by atoms with Gasteiger partial charge >= 0.3 is 0 Å². The lowest BCUT2D eigenvalue weighted by Crippen LogP contribution is -2.63. The number of aromatic hydroxyl groups is 1. The molecule has 3 aliphatic carbocycles. The van der Waals surface area contributed by atoms with Crippen LogP contribution in [0.2, 0.25) is 0 Å². The number of rotatable bonds is 3. The summed E-state index contributed by atoms with van der Waals surface area (Å²) in [4.78, 5) is 42.3. The molecule has 1 aromatic rings. The van der Waals surface area contributed by atoms with Gasteiger partial charge in [0.1, 0.15) is 17.1 Å². The Morgan fingerprint density at radius 2 is 1.74 bits per heavy atom. The topological polar surface area (TPSA) is 191 Å². The number of anilines is 2. The standard InChI is InChI=1S/C23H27IN4O7/c1-27(2)15-8-5-7-6-9-16(28(3)4)19(31)12(22(26)34)21(33)23(9,35)20(32)10(7)17(29)11(8)18(30)14(25)13(15)24/h7,9,16,30-32,35H,5-6,25H2,1-4H3,(H2,26,34). The third-order valence-electron chi connectivity index (χ3n) is 7.29. The van der Waals surface area contributed by atoms with E-state index in [1.54, 1.807) is 33.1 Å². The van der Waals surface area contributed by atoms with Gasteiger partial charge in [-0.15, -0.1) is 0 Å². The lowest BCUT2D eigenvalue weighted by atomic mass is 9.58. The first-order valence-corrected chi connectivity index (χ1v) is 11.9. The number of carbonyl (C=O) groups excluding carboxylic acids is 3. The molecule has 0 spiro atoms. The molecule has 12 heteroatoms. The number of hydrogen-bond acceptors (Lipinski definition) is 10. The van der Waals surface area contributed by atoms with Gasteiger partial charge in [-0.3, -0.25) is 19.3 Å². The Labute approximate surface area is 214 Å². The lowest BCUT2D eigenvalue weighted by Gasteiger charge is -2.50. The number of nitrogen functional groups attached to an aromatic ring is 1. The molecule has 0 aliphatic heterocycles. The summed E-state index contributed by atoms with van der Waals surface area (Å²) >= 11 is 1.99. The summed E-state index contributed by atoms with van der Waals surface area (Å²) in [7, 11) is 6.72. The number of nitrogens with two attached hydrogens (primary N) is 2. The van der Waals surface area contributed by atoms with Crippen LogP contribution in [-0.2, 0) is 16.0 Å². The lowest BCUT2D eigenvalue weighted by molar-refractivity contribution is -0.148.